The van der Waals surface area contributed by atoms with Gasteiger partial charge in [0.25, 0.3) is 0 Å². The Balaban J connectivity index is 2.26. The first-order chi connectivity index (χ1) is 9.15. The van der Waals surface area contributed by atoms with Crippen molar-refractivity contribution in [1.29, 1.82) is 0 Å². The van der Waals surface area contributed by atoms with Gasteiger partial charge in [0, 0.05) is 18.6 Å². The molecule has 0 spiro atoms. The summed E-state index contributed by atoms with van der Waals surface area (Å²) in [6, 6.07) is 0.842. The molecule has 0 aromatic heterocycles. The third-order valence-electron chi connectivity index (χ3n) is 3.65. The number of rotatable bonds is 4. The van der Waals surface area contributed by atoms with E-state index in [9.17, 15) is 4.79 Å². The van der Waals surface area contributed by atoms with Crippen LogP contribution in [0.4, 0.5) is 4.79 Å². The fraction of sp³-hybridized carbons (Fsp3) is 0.938. The van der Waals surface area contributed by atoms with Gasteiger partial charge in [-0.15, -0.1) is 0 Å². The van der Waals surface area contributed by atoms with Crippen LogP contribution in [0.3, 0.4) is 0 Å². The van der Waals surface area contributed by atoms with E-state index in [1.54, 1.807) is 0 Å². The summed E-state index contributed by atoms with van der Waals surface area (Å²) in [4.78, 5) is 11.6. The lowest BCUT2D eigenvalue weighted by Gasteiger charge is -2.34. The van der Waals surface area contributed by atoms with Crippen LogP contribution in [-0.4, -0.2) is 30.3 Å². The molecule has 0 aliphatic heterocycles. The van der Waals surface area contributed by atoms with E-state index >= 15 is 0 Å². The summed E-state index contributed by atoms with van der Waals surface area (Å²) in [5.74, 6) is 1.59. The van der Waals surface area contributed by atoms with Crippen molar-refractivity contribution in [2.45, 2.75) is 78.5 Å². The fourth-order valence-corrected chi connectivity index (χ4v) is 3.09. The number of carbonyl (C=O) groups is 1. The van der Waals surface area contributed by atoms with Crippen molar-refractivity contribution >= 4 is 6.09 Å². The molecular formula is C16H32N2O2. The van der Waals surface area contributed by atoms with E-state index < -0.39 is 5.60 Å². The van der Waals surface area contributed by atoms with Gasteiger partial charge in [0.05, 0.1) is 0 Å². The summed E-state index contributed by atoms with van der Waals surface area (Å²) in [6.45, 7) is 13.0. The zero-order valence-electron chi connectivity index (χ0n) is 14.0. The van der Waals surface area contributed by atoms with Gasteiger partial charge in [0.15, 0.2) is 0 Å². The Labute approximate surface area is 124 Å². The van der Waals surface area contributed by atoms with Gasteiger partial charge < -0.3 is 15.4 Å². The summed E-state index contributed by atoms with van der Waals surface area (Å²) < 4.78 is 5.23. The summed E-state index contributed by atoms with van der Waals surface area (Å²) >= 11 is 0. The molecule has 0 aromatic rings. The van der Waals surface area contributed by atoms with E-state index in [1.807, 2.05) is 20.8 Å². The standard InChI is InChI=1S/C16H32N2O2/c1-11-7-12(2)9-14(8-11)18-13(3)10-17-15(19)20-16(4,5)6/h11-14,18H,7-10H2,1-6H3,(H,17,19). The number of carbonyl (C=O) groups excluding carboxylic acids is 1. The average molecular weight is 284 g/mol. The lowest BCUT2D eigenvalue weighted by atomic mass is 9.80. The van der Waals surface area contributed by atoms with Crippen molar-refractivity contribution < 1.29 is 9.53 Å². The first-order valence-electron chi connectivity index (χ1n) is 7.88. The normalized spacial score (nSPS) is 28.8. The highest BCUT2D eigenvalue weighted by Gasteiger charge is 2.25. The molecule has 0 saturated heterocycles. The summed E-state index contributed by atoms with van der Waals surface area (Å²) in [7, 11) is 0. The van der Waals surface area contributed by atoms with Gasteiger partial charge in [-0.3, -0.25) is 0 Å². The molecule has 3 unspecified atom stereocenters. The Kier molecular flexibility index (Phi) is 6.31. The Morgan fingerprint density at radius 1 is 1.20 bits per heavy atom. The van der Waals surface area contributed by atoms with Crippen molar-refractivity contribution in [1.82, 2.24) is 10.6 Å². The van der Waals surface area contributed by atoms with Crippen LogP contribution in [0, 0.1) is 11.8 Å². The lowest BCUT2D eigenvalue weighted by Crippen LogP contribution is -2.47. The molecule has 0 aromatic carbocycles. The van der Waals surface area contributed by atoms with Crippen LogP contribution >= 0.6 is 0 Å². The van der Waals surface area contributed by atoms with Crippen molar-refractivity contribution in [3.8, 4) is 0 Å². The molecule has 3 atom stereocenters. The van der Waals surface area contributed by atoms with Gasteiger partial charge in [-0.1, -0.05) is 13.8 Å². The number of amides is 1. The van der Waals surface area contributed by atoms with Gasteiger partial charge in [-0.25, -0.2) is 4.79 Å². The molecule has 1 saturated carbocycles. The largest absolute Gasteiger partial charge is 0.444 e. The van der Waals surface area contributed by atoms with Crippen molar-refractivity contribution in [3.63, 3.8) is 0 Å². The minimum Gasteiger partial charge on any atom is -0.444 e. The summed E-state index contributed by atoms with van der Waals surface area (Å²) in [6.07, 6.45) is 3.47. The van der Waals surface area contributed by atoms with Crippen LogP contribution in [0.1, 0.15) is 60.8 Å². The van der Waals surface area contributed by atoms with Gasteiger partial charge in [0.2, 0.25) is 0 Å². The number of ether oxygens (including phenoxy) is 1. The van der Waals surface area contributed by atoms with Crippen LogP contribution in [0.5, 0.6) is 0 Å². The number of hydrogen-bond acceptors (Lipinski definition) is 3. The molecule has 1 aliphatic rings. The Bertz CT molecular complexity index is 302. The maximum atomic E-state index is 11.6. The zero-order valence-corrected chi connectivity index (χ0v) is 14.0. The zero-order chi connectivity index (χ0) is 15.3. The second-order valence-corrected chi connectivity index (χ2v) is 7.56. The smallest absolute Gasteiger partial charge is 0.407 e. The molecule has 20 heavy (non-hydrogen) atoms. The Hall–Kier alpha value is -0.770. The maximum absolute atomic E-state index is 11.6. The summed E-state index contributed by atoms with van der Waals surface area (Å²) in [5, 5.41) is 6.45. The lowest BCUT2D eigenvalue weighted by molar-refractivity contribution is 0.0521. The topological polar surface area (TPSA) is 50.4 Å². The molecular weight excluding hydrogens is 252 g/mol. The molecule has 0 bridgehead atoms. The van der Waals surface area contributed by atoms with Crippen molar-refractivity contribution in [2.75, 3.05) is 6.54 Å². The number of alkyl carbamates (subject to hydrolysis) is 1. The highest BCUT2D eigenvalue weighted by molar-refractivity contribution is 5.67. The molecule has 0 heterocycles. The molecule has 1 amide bonds. The molecule has 1 aliphatic carbocycles. The second-order valence-electron chi connectivity index (χ2n) is 7.56. The molecule has 118 valence electrons. The third-order valence-corrected chi connectivity index (χ3v) is 3.65. The maximum Gasteiger partial charge on any atom is 0.407 e. The van der Waals surface area contributed by atoms with Crippen LogP contribution < -0.4 is 10.6 Å². The molecule has 4 heteroatoms. The van der Waals surface area contributed by atoms with Gasteiger partial charge >= 0.3 is 6.09 Å². The molecule has 1 rings (SSSR count). The highest BCUT2D eigenvalue weighted by atomic mass is 16.6. The minimum absolute atomic E-state index is 0.269. The minimum atomic E-state index is -0.436. The Morgan fingerprint density at radius 3 is 2.25 bits per heavy atom. The van der Waals surface area contributed by atoms with Crippen LogP contribution in [-0.2, 0) is 4.74 Å². The van der Waals surface area contributed by atoms with E-state index in [0.717, 1.165) is 11.8 Å². The third kappa shape index (κ3) is 7.13. The van der Waals surface area contributed by atoms with Crippen LogP contribution in [0.15, 0.2) is 0 Å². The van der Waals surface area contributed by atoms with Gasteiger partial charge in [-0.2, -0.15) is 0 Å². The predicted molar refractivity (Wildman–Crippen MR) is 82.8 cm³/mol. The predicted octanol–water partition coefficient (Wildman–Crippen LogP) is 3.31. The second kappa shape index (κ2) is 7.30. The van der Waals surface area contributed by atoms with E-state index in [2.05, 4.69) is 31.4 Å². The fourth-order valence-electron chi connectivity index (χ4n) is 3.09. The quantitative estimate of drug-likeness (QED) is 0.832. The monoisotopic (exact) mass is 284 g/mol. The van der Waals surface area contributed by atoms with E-state index in [-0.39, 0.29) is 12.1 Å². The first kappa shape index (κ1) is 17.3. The van der Waals surface area contributed by atoms with E-state index in [1.165, 1.54) is 19.3 Å². The SMILES string of the molecule is CC1CC(C)CC(NC(C)CNC(=O)OC(C)(C)C)C1. The molecule has 4 nitrogen and oxygen atoms in total. The molecule has 2 N–H and O–H groups in total. The first-order valence-corrected chi connectivity index (χ1v) is 7.88. The number of hydrogen-bond donors (Lipinski definition) is 2. The van der Waals surface area contributed by atoms with E-state index in [0.29, 0.717) is 12.6 Å². The van der Waals surface area contributed by atoms with Crippen LogP contribution in [0.2, 0.25) is 0 Å². The van der Waals surface area contributed by atoms with Gasteiger partial charge in [-0.05, 0) is 58.8 Å². The van der Waals surface area contributed by atoms with Gasteiger partial charge in [0.1, 0.15) is 5.60 Å². The van der Waals surface area contributed by atoms with Crippen LogP contribution in [0.25, 0.3) is 0 Å². The van der Waals surface area contributed by atoms with Crippen molar-refractivity contribution in [2.24, 2.45) is 11.8 Å². The molecule has 1 fully saturated rings. The van der Waals surface area contributed by atoms with E-state index in [4.69, 9.17) is 4.74 Å². The number of nitrogens with one attached hydrogen (secondary N) is 2. The highest BCUT2D eigenvalue weighted by Crippen LogP contribution is 2.28. The Morgan fingerprint density at radius 2 is 1.75 bits per heavy atom. The summed E-state index contributed by atoms with van der Waals surface area (Å²) in [5.41, 5.74) is -0.436. The van der Waals surface area contributed by atoms with Crippen molar-refractivity contribution in [3.05, 3.63) is 0 Å². The molecule has 0 radical (unpaired) electrons. The average Bonchev–Trinajstić information content (AvgIpc) is 2.22.